The minimum Gasteiger partial charge on any atom is -0.369 e. The van der Waals surface area contributed by atoms with Gasteiger partial charge in [0.15, 0.2) is 11.5 Å². The monoisotopic (exact) mass is 586 g/mol. The molecule has 3 aliphatic rings. The molecule has 2 atom stereocenters. The van der Waals surface area contributed by atoms with E-state index in [0.29, 0.717) is 23.8 Å². The van der Waals surface area contributed by atoms with Crippen LogP contribution in [0, 0.1) is 5.82 Å². The van der Waals surface area contributed by atoms with Crippen molar-refractivity contribution in [3.8, 4) is 0 Å². The molecule has 4 N–H and O–H groups in total. The largest absolute Gasteiger partial charge is 0.369 e. The minimum atomic E-state index is -0.763. The van der Waals surface area contributed by atoms with Crippen LogP contribution >= 0.6 is 0 Å². The predicted octanol–water partition coefficient (Wildman–Crippen LogP) is 3.87. The maximum absolute atomic E-state index is 15.3. The predicted molar refractivity (Wildman–Crippen MR) is 166 cm³/mol. The van der Waals surface area contributed by atoms with Crippen LogP contribution in [0.15, 0.2) is 48.7 Å². The molecule has 6 rings (SSSR count). The molecule has 1 saturated carbocycles. The minimum absolute atomic E-state index is 0.0737. The second-order valence-corrected chi connectivity index (χ2v) is 11.9. The lowest BCUT2D eigenvalue weighted by molar-refractivity contribution is 0.0923. The molecule has 0 spiro atoms. The van der Waals surface area contributed by atoms with Crippen molar-refractivity contribution in [2.45, 2.75) is 50.6 Å². The summed E-state index contributed by atoms with van der Waals surface area (Å²) in [5.74, 6) is -0.0797. The van der Waals surface area contributed by atoms with Crippen LogP contribution < -0.4 is 26.2 Å². The molecule has 43 heavy (non-hydrogen) atoms. The number of hydrogen-bond acceptors (Lipinski definition) is 8. The Morgan fingerprint density at radius 2 is 1.74 bits per heavy atom. The first kappa shape index (κ1) is 28.9. The lowest BCUT2D eigenvalue weighted by atomic mass is 9.97. The summed E-state index contributed by atoms with van der Waals surface area (Å²) in [6.45, 7) is 6.21. The molecule has 3 fully saturated rings. The van der Waals surface area contributed by atoms with E-state index < -0.39 is 11.7 Å². The molecule has 11 heteroatoms. The molecule has 1 aliphatic carbocycles. The Bertz CT molecular complexity index is 1490. The Morgan fingerprint density at radius 3 is 2.42 bits per heavy atom. The number of carbonyl (C=O) groups is 2. The van der Waals surface area contributed by atoms with Crippen LogP contribution in [0.4, 0.5) is 27.4 Å². The Kier molecular flexibility index (Phi) is 8.16. The quantitative estimate of drug-likeness (QED) is 0.364. The number of hydrogen-bond donors (Lipinski definition) is 3. The molecule has 2 aliphatic heterocycles. The van der Waals surface area contributed by atoms with Crippen LogP contribution in [-0.4, -0.2) is 78.5 Å². The van der Waals surface area contributed by atoms with Crippen LogP contribution in [0.1, 0.15) is 64.9 Å². The molecule has 2 aromatic carbocycles. The number of likely N-dealkylation sites (N-methyl/N-ethyl adjacent to an activating group) is 1. The highest BCUT2D eigenvalue weighted by atomic mass is 19.1. The summed E-state index contributed by atoms with van der Waals surface area (Å²) in [6.07, 6.45) is 5.61. The van der Waals surface area contributed by atoms with Gasteiger partial charge in [-0.3, -0.25) is 9.59 Å². The summed E-state index contributed by atoms with van der Waals surface area (Å²) in [5.41, 5.74) is 8.46. The number of nitrogens with zero attached hydrogens (tertiary/aromatic N) is 5. The van der Waals surface area contributed by atoms with Gasteiger partial charge in [-0.05, 0) is 81.5 Å². The number of rotatable bonds is 8. The lowest BCUT2D eigenvalue weighted by Gasteiger charge is -2.40. The van der Waals surface area contributed by atoms with Crippen molar-refractivity contribution in [2.24, 2.45) is 5.73 Å². The van der Waals surface area contributed by atoms with Crippen molar-refractivity contribution in [3.05, 3.63) is 71.3 Å². The fourth-order valence-electron chi connectivity index (χ4n) is 6.01. The van der Waals surface area contributed by atoms with Gasteiger partial charge in [0, 0.05) is 56.1 Å². The van der Waals surface area contributed by atoms with Crippen molar-refractivity contribution in [2.75, 3.05) is 54.9 Å². The second-order valence-electron chi connectivity index (χ2n) is 11.9. The average molecular weight is 587 g/mol. The zero-order valence-electron chi connectivity index (χ0n) is 24.7. The molecule has 0 unspecified atom stereocenters. The van der Waals surface area contributed by atoms with Crippen molar-refractivity contribution >= 4 is 34.8 Å². The van der Waals surface area contributed by atoms with E-state index in [1.54, 1.807) is 6.07 Å². The first-order chi connectivity index (χ1) is 20.8. The Morgan fingerprint density at radius 1 is 1.00 bits per heavy atom. The maximum atomic E-state index is 15.3. The van der Waals surface area contributed by atoms with Gasteiger partial charge in [0.05, 0.1) is 11.9 Å². The van der Waals surface area contributed by atoms with Gasteiger partial charge in [-0.15, -0.1) is 0 Å². The molecule has 2 saturated heterocycles. The van der Waals surface area contributed by atoms with E-state index in [2.05, 4.69) is 54.5 Å². The zero-order chi connectivity index (χ0) is 30.1. The Labute approximate surface area is 251 Å². The highest BCUT2D eigenvalue weighted by Gasteiger charge is 2.31. The fraction of sp³-hybridized carbons (Fsp3) is 0.438. The van der Waals surface area contributed by atoms with Crippen LogP contribution in [-0.2, 0) is 0 Å². The Hall–Kier alpha value is -4.25. The van der Waals surface area contributed by atoms with Gasteiger partial charge >= 0.3 is 0 Å². The number of aromatic nitrogens is 2. The zero-order valence-corrected chi connectivity index (χ0v) is 24.7. The van der Waals surface area contributed by atoms with Gasteiger partial charge in [0.2, 0.25) is 0 Å². The van der Waals surface area contributed by atoms with Gasteiger partial charge in [-0.25, -0.2) is 14.4 Å². The number of halogens is 1. The van der Waals surface area contributed by atoms with Gasteiger partial charge in [-0.2, -0.15) is 0 Å². The van der Waals surface area contributed by atoms with Crippen LogP contribution in [0.25, 0.3) is 0 Å². The van der Waals surface area contributed by atoms with E-state index in [1.807, 2.05) is 25.1 Å². The molecule has 226 valence electrons. The summed E-state index contributed by atoms with van der Waals surface area (Å²) < 4.78 is 15.3. The third kappa shape index (κ3) is 6.41. The van der Waals surface area contributed by atoms with Gasteiger partial charge in [-0.1, -0.05) is 12.1 Å². The topological polar surface area (TPSA) is 120 Å². The van der Waals surface area contributed by atoms with E-state index in [1.165, 1.54) is 30.7 Å². The maximum Gasteiger partial charge on any atom is 0.271 e. The number of nitrogens with two attached hydrogens (primary N) is 1. The van der Waals surface area contributed by atoms with Crippen molar-refractivity contribution < 1.29 is 14.0 Å². The highest BCUT2D eigenvalue weighted by Crippen LogP contribution is 2.40. The van der Waals surface area contributed by atoms with Gasteiger partial charge < -0.3 is 31.1 Å². The van der Waals surface area contributed by atoms with Crippen molar-refractivity contribution in [1.29, 1.82) is 0 Å². The van der Waals surface area contributed by atoms with Crippen molar-refractivity contribution in [3.63, 3.8) is 0 Å². The molecule has 0 bridgehead atoms. The molecule has 2 amide bonds. The van der Waals surface area contributed by atoms with E-state index in [0.717, 1.165) is 44.7 Å². The molecular weight excluding hydrogens is 547 g/mol. The van der Waals surface area contributed by atoms with E-state index in [9.17, 15) is 9.59 Å². The third-order valence-corrected chi connectivity index (χ3v) is 8.89. The molecule has 10 nitrogen and oxygen atoms in total. The molecular formula is C32H39FN8O2. The number of piperazine rings is 1. The van der Waals surface area contributed by atoms with Gasteiger partial charge in [0.25, 0.3) is 11.8 Å². The number of piperidine rings is 1. The highest BCUT2D eigenvalue weighted by molar-refractivity contribution is 5.96. The molecule has 3 aromatic rings. The average Bonchev–Trinajstić information content (AvgIpc) is 3.85. The van der Waals surface area contributed by atoms with Crippen molar-refractivity contribution in [1.82, 2.24) is 20.2 Å². The summed E-state index contributed by atoms with van der Waals surface area (Å²) in [4.78, 5) is 40.8. The number of amides is 2. The first-order valence-electron chi connectivity index (χ1n) is 15.1. The summed E-state index contributed by atoms with van der Waals surface area (Å²) >= 11 is 0. The number of carbonyl (C=O) groups excluding carboxylic acids is 2. The van der Waals surface area contributed by atoms with Crippen LogP contribution in [0.2, 0.25) is 0 Å². The van der Waals surface area contributed by atoms with Gasteiger partial charge in [0.1, 0.15) is 11.6 Å². The number of primary amides is 1. The number of nitrogens with one attached hydrogen (secondary N) is 2. The SMILES string of the molecule is C[C@@H]1[C@H](NC(=O)c2ccc(C3CC3)cc2)CCCN1c1cnc(C(N)=O)c(Nc2ccc(N3CCN(C)CC3)cc2F)n1. The summed E-state index contributed by atoms with van der Waals surface area (Å²) in [5, 5.41) is 6.16. The lowest BCUT2D eigenvalue weighted by Crippen LogP contribution is -2.54. The third-order valence-electron chi connectivity index (χ3n) is 8.89. The number of anilines is 4. The van der Waals surface area contributed by atoms with Crippen LogP contribution in [0.5, 0.6) is 0 Å². The first-order valence-corrected chi connectivity index (χ1v) is 15.1. The Balaban J connectivity index is 1.17. The van der Waals surface area contributed by atoms with E-state index in [4.69, 9.17) is 5.73 Å². The normalized spacial score (nSPS) is 21.0. The molecule has 0 radical (unpaired) electrons. The fourth-order valence-corrected chi connectivity index (χ4v) is 6.01. The summed E-state index contributed by atoms with van der Waals surface area (Å²) in [6, 6.07) is 12.7. The van der Waals surface area contributed by atoms with E-state index in [-0.39, 0.29) is 35.2 Å². The number of benzene rings is 2. The van der Waals surface area contributed by atoms with Crippen LogP contribution in [0.3, 0.4) is 0 Å². The standard InChI is InChI=1S/C32H39FN8O2/c1-20-26(37-32(43)23-9-7-22(8-10-23)21-5-6-21)4-3-13-41(20)28-19-35-29(30(34)42)31(38-28)36-27-12-11-24(18-25(27)33)40-16-14-39(2)15-17-40/h7-12,18-21,26H,3-6,13-17H2,1-2H3,(H2,34,42)(H,36,38)(H,37,43)/t20-,26-/m1/s1. The van der Waals surface area contributed by atoms with E-state index >= 15 is 4.39 Å². The smallest absolute Gasteiger partial charge is 0.271 e. The molecule has 1 aromatic heterocycles. The summed E-state index contributed by atoms with van der Waals surface area (Å²) in [7, 11) is 2.08. The second kappa shape index (κ2) is 12.2. The molecule has 3 heterocycles.